The number of ether oxygens (including phenoxy) is 5. The van der Waals surface area contributed by atoms with Gasteiger partial charge in [-0.25, -0.2) is 15.0 Å². The molecule has 50 heavy (non-hydrogen) atoms. The largest absolute Gasteiger partial charge is 0.493 e. The van der Waals surface area contributed by atoms with E-state index in [4.69, 9.17) is 23.7 Å². The van der Waals surface area contributed by atoms with Crippen molar-refractivity contribution in [3.05, 3.63) is 113 Å². The summed E-state index contributed by atoms with van der Waals surface area (Å²) < 4.78 is 27.1. The molecule has 0 aliphatic heterocycles. The third-order valence-electron chi connectivity index (χ3n) is 7.01. The molecule has 2 N–H and O–H groups in total. The lowest BCUT2D eigenvalue weighted by Gasteiger charge is -2.17. The van der Waals surface area contributed by atoms with E-state index in [1.807, 2.05) is 0 Å². The van der Waals surface area contributed by atoms with E-state index in [2.05, 4.69) is 15.8 Å². The highest BCUT2D eigenvalue weighted by atomic mass is 16.5. The third-order valence-corrected chi connectivity index (χ3v) is 7.01. The van der Waals surface area contributed by atoms with Gasteiger partial charge >= 0.3 is 11.9 Å². The van der Waals surface area contributed by atoms with Crippen LogP contribution in [0, 0.1) is 5.41 Å². The van der Waals surface area contributed by atoms with Gasteiger partial charge in [-0.15, -0.1) is 0 Å². The molecule has 0 aromatic heterocycles. The molecule has 4 rings (SSSR count). The van der Waals surface area contributed by atoms with E-state index in [1.54, 1.807) is 93.6 Å². The molecule has 0 saturated carbocycles. The second-order valence-corrected chi connectivity index (χ2v) is 11.6. The van der Waals surface area contributed by atoms with Crippen molar-refractivity contribution in [3.63, 3.8) is 0 Å². The van der Waals surface area contributed by atoms with Crippen LogP contribution < -0.4 is 34.4 Å². The number of para-hydroxylation sites is 2. The van der Waals surface area contributed by atoms with E-state index in [-0.39, 0.29) is 34.5 Å². The summed E-state index contributed by atoms with van der Waals surface area (Å²) >= 11 is 0. The summed E-state index contributed by atoms with van der Waals surface area (Å²) in [5.41, 5.74) is 3.80. The lowest BCUT2D eigenvalue weighted by Crippen LogP contribution is -2.27. The van der Waals surface area contributed by atoms with Gasteiger partial charge in [0.05, 0.1) is 33.1 Å². The molecule has 4 aromatic rings. The van der Waals surface area contributed by atoms with E-state index >= 15 is 0 Å². The Morgan fingerprint density at radius 2 is 1.26 bits per heavy atom. The van der Waals surface area contributed by atoms with Gasteiger partial charge in [-0.3, -0.25) is 9.59 Å². The van der Waals surface area contributed by atoms with E-state index in [1.165, 1.54) is 51.8 Å². The number of hydrogen-bond donors (Lipinski definition) is 2. The molecule has 0 spiro atoms. The van der Waals surface area contributed by atoms with Crippen molar-refractivity contribution >= 4 is 41.7 Å². The molecule has 258 valence electrons. The van der Waals surface area contributed by atoms with Gasteiger partial charge in [0.1, 0.15) is 11.5 Å². The fraction of sp³-hybridized carbons (Fsp3) is 0.184. The number of carbonyl (C=O) groups is 4. The van der Waals surface area contributed by atoms with Crippen molar-refractivity contribution in [1.29, 1.82) is 0 Å². The minimum absolute atomic E-state index is 0.145. The first-order valence-corrected chi connectivity index (χ1v) is 15.3. The van der Waals surface area contributed by atoms with Crippen molar-refractivity contribution in [2.45, 2.75) is 20.8 Å². The van der Waals surface area contributed by atoms with Gasteiger partial charge in [0.2, 0.25) is 11.7 Å². The molecule has 12 nitrogen and oxygen atoms in total. The number of nitrogens with zero attached hydrogens (tertiary/aromatic N) is 1. The van der Waals surface area contributed by atoms with Crippen LogP contribution in [0.3, 0.4) is 0 Å². The zero-order valence-electron chi connectivity index (χ0n) is 28.4. The SMILES string of the molecule is COc1cc(C(=O)Oc2ccccc2/C=C/C(=O)Oc2ccccc2/C=N/NC(=O)c2ccc(NC(=O)C(C)(C)C)cc2)cc(OC)c1OC. The van der Waals surface area contributed by atoms with Gasteiger partial charge in [0, 0.05) is 33.9 Å². The van der Waals surface area contributed by atoms with E-state index in [0.717, 1.165) is 0 Å². The summed E-state index contributed by atoms with van der Waals surface area (Å²) in [5, 5.41) is 6.80. The summed E-state index contributed by atoms with van der Waals surface area (Å²) in [6, 6.07) is 22.6. The molecule has 0 aliphatic carbocycles. The van der Waals surface area contributed by atoms with Crippen molar-refractivity contribution in [2.24, 2.45) is 10.5 Å². The van der Waals surface area contributed by atoms with E-state index < -0.39 is 23.3 Å². The van der Waals surface area contributed by atoms with E-state index in [0.29, 0.717) is 28.1 Å². The summed E-state index contributed by atoms with van der Waals surface area (Å²) in [7, 11) is 4.34. The van der Waals surface area contributed by atoms with Crippen LogP contribution in [0.4, 0.5) is 5.69 Å². The van der Waals surface area contributed by atoms with Crippen LogP contribution in [-0.2, 0) is 9.59 Å². The summed E-state index contributed by atoms with van der Waals surface area (Å²) in [6.07, 6.45) is 3.99. The summed E-state index contributed by atoms with van der Waals surface area (Å²) in [5.74, 6) is -0.714. The Morgan fingerprint density at radius 1 is 0.680 bits per heavy atom. The molecule has 0 radical (unpaired) electrons. The van der Waals surface area contributed by atoms with E-state index in [9.17, 15) is 19.2 Å². The Balaban J connectivity index is 1.39. The maximum absolute atomic E-state index is 13.1. The Kier molecular flexibility index (Phi) is 12.1. The summed E-state index contributed by atoms with van der Waals surface area (Å²) in [4.78, 5) is 50.7. The maximum Gasteiger partial charge on any atom is 0.343 e. The quantitative estimate of drug-likeness (QED) is 0.0578. The molecule has 0 atom stereocenters. The van der Waals surface area contributed by atoms with Crippen molar-refractivity contribution in [1.82, 2.24) is 5.43 Å². The number of nitrogens with one attached hydrogen (secondary N) is 2. The fourth-order valence-corrected chi connectivity index (χ4v) is 4.30. The highest BCUT2D eigenvalue weighted by Gasteiger charge is 2.21. The van der Waals surface area contributed by atoms with Crippen LogP contribution in [0.15, 0.2) is 96.1 Å². The van der Waals surface area contributed by atoms with Crippen LogP contribution in [0.5, 0.6) is 28.7 Å². The van der Waals surface area contributed by atoms with Crippen molar-refractivity contribution in [2.75, 3.05) is 26.6 Å². The number of hydrazone groups is 1. The molecule has 0 aliphatic rings. The number of methoxy groups -OCH3 is 3. The smallest absolute Gasteiger partial charge is 0.343 e. The second kappa shape index (κ2) is 16.6. The van der Waals surface area contributed by atoms with Crippen LogP contribution in [0.1, 0.15) is 52.6 Å². The molecule has 0 unspecified atom stereocenters. The summed E-state index contributed by atoms with van der Waals surface area (Å²) in [6.45, 7) is 5.42. The van der Waals surface area contributed by atoms with Crippen LogP contribution in [0.25, 0.3) is 6.08 Å². The molecule has 0 bridgehead atoms. The Labute approximate surface area is 289 Å². The lowest BCUT2D eigenvalue weighted by molar-refractivity contribution is -0.129. The van der Waals surface area contributed by atoms with Gasteiger partial charge in [0.25, 0.3) is 5.91 Å². The van der Waals surface area contributed by atoms with Gasteiger partial charge in [-0.05, 0) is 60.7 Å². The molecule has 2 amide bonds. The van der Waals surface area contributed by atoms with Gasteiger partial charge < -0.3 is 29.0 Å². The highest BCUT2D eigenvalue weighted by Crippen LogP contribution is 2.38. The zero-order chi connectivity index (χ0) is 36.3. The maximum atomic E-state index is 13.1. The van der Waals surface area contributed by atoms with Gasteiger partial charge in [0.15, 0.2) is 11.5 Å². The lowest BCUT2D eigenvalue weighted by atomic mass is 9.95. The molecule has 12 heteroatoms. The predicted octanol–water partition coefficient (Wildman–Crippen LogP) is 6.30. The Bertz CT molecular complexity index is 1900. The number of carbonyl (C=O) groups excluding carboxylic acids is 4. The minimum Gasteiger partial charge on any atom is -0.493 e. The Hall–Kier alpha value is -6.43. The average molecular weight is 680 g/mol. The molecule has 0 saturated heterocycles. The number of hydrogen-bond acceptors (Lipinski definition) is 10. The van der Waals surface area contributed by atoms with Crippen LogP contribution in [-0.4, -0.2) is 51.3 Å². The van der Waals surface area contributed by atoms with Crippen molar-refractivity contribution in [3.8, 4) is 28.7 Å². The number of esters is 2. The first-order chi connectivity index (χ1) is 23.9. The number of benzene rings is 4. The fourth-order valence-electron chi connectivity index (χ4n) is 4.30. The molecule has 0 fully saturated rings. The standard InChI is InChI=1S/C38H37N3O9/c1-38(2,3)37(45)40-28-18-15-25(16-19-28)35(43)41-39-23-26-12-8-10-14-30(26)49-33(42)20-17-24-11-7-9-13-29(24)50-36(44)27-21-31(46-4)34(48-6)32(22-27)47-5/h7-23H,1-6H3,(H,40,45)(H,41,43)/b20-17+,39-23+. The topological polar surface area (TPSA) is 151 Å². The highest BCUT2D eigenvalue weighted by molar-refractivity contribution is 5.98. The monoisotopic (exact) mass is 679 g/mol. The first-order valence-electron chi connectivity index (χ1n) is 15.3. The number of amides is 2. The van der Waals surface area contributed by atoms with Gasteiger partial charge in [-0.1, -0.05) is 51.1 Å². The Morgan fingerprint density at radius 3 is 1.84 bits per heavy atom. The molecular weight excluding hydrogens is 642 g/mol. The minimum atomic E-state index is -0.709. The zero-order valence-corrected chi connectivity index (χ0v) is 28.4. The number of rotatable bonds is 12. The third kappa shape index (κ3) is 9.57. The molecule has 4 aromatic carbocycles. The average Bonchev–Trinajstić information content (AvgIpc) is 3.11. The molecular formula is C38H37N3O9. The predicted molar refractivity (Wildman–Crippen MR) is 188 cm³/mol. The number of anilines is 1. The van der Waals surface area contributed by atoms with Gasteiger partial charge in [-0.2, -0.15) is 5.10 Å². The van der Waals surface area contributed by atoms with Crippen molar-refractivity contribution < 1.29 is 42.9 Å². The van der Waals surface area contributed by atoms with Crippen LogP contribution in [0.2, 0.25) is 0 Å². The molecule has 0 heterocycles. The second-order valence-electron chi connectivity index (χ2n) is 11.6. The van der Waals surface area contributed by atoms with Crippen LogP contribution >= 0.6 is 0 Å². The first kappa shape index (κ1) is 36.4. The normalized spacial score (nSPS) is 11.2.